The van der Waals surface area contributed by atoms with Crippen molar-refractivity contribution in [1.29, 1.82) is 0 Å². The molecule has 0 aromatic heterocycles. The fourth-order valence-electron chi connectivity index (χ4n) is 5.11. The summed E-state index contributed by atoms with van der Waals surface area (Å²) in [7, 11) is 0. The molecule has 0 aliphatic heterocycles. The van der Waals surface area contributed by atoms with Gasteiger partial charge in [-0.15, -0.1) is 0 Å². The van der Waals surface area contributed by atoms with E-state index in [1.165, 1.54) is 0 Å². The van der Waals surface area contributed by atoms with Gasteiger partial charge in [-0.1, -0.05) is 60.7 Å². The minimum absolute atomic E-state index is 0.0499. The van der Waals surface area contributed by atoms with E-state index in [2.05, 4.69) is 22.8 Å². The van der Waals surface area contributed by atoms with E-state index in [0.717, 1.165) is 33.6 Å². The number of amides is 2. The molecule has 3 aromatic carbocycles. The van der Waals surface area contributed by atoms with Crippen molar-refractivity contribution in [2.45, 2.75) is 71.1 Å². The molecule has 0 spiro atoms. The SMILES string of the molecule is CCOc1ccc(COC(=O)[C@H](CCCCNC(=O)OC(C)(C)C)NC(=O)OCC2c3ccccc3-c3ccccc32)cc1. The van der Waals surface area contributed by atoms with Crippen LogP contribution in [0.5, 0.6) is 5.75 Å². The molecule has 234 valence electrons. The van der Waals surface area contributed by atoms with Gasteiger partial charge in [-0.3, -0.25) is 0 Å². The Kier molecular flexibility index (Phi) is 11.2. The van der Waals surface area contributed by atoms with Crippen LogP contribution in [0.4, 0.5) is 9.59 Å². The average molecular weight is 603 g/mol. The highest BCUT2D eigenvalue weighted by Gasteiger charge is 2.30. The van der Waals surface area contributed by atoms with Crippen molar-refractivity contribution in [3.8, 4) is 16.9 Å². The summed E-state index contributed by atoms with van der Waals surface area (Å²) < 4.78 is 22.0. The molecule has 0 saturated heterocycles. The Morgan fingerprint density at radius 2 is 1.45 bits per heavy atom. The standard InChI is InChI=1S/C35H42N2O7/c1-5-41-25-19-17-24(18-20-25)22-42-32(38)31(16-10-11-21-36-33(39)44-35(2,3)4)37-34(40)43-23-30-28-14-8-6-12-26(28)27-13-7-9-15-29(27)30/h6-9,12-15,17-20,30-31H,5,10-11,16,21-23H2,1-4H3,(H,36,39)(H,37,40)/t31-/m0/s1. The van der Waals surface area contributed by atoms with Crippen LogP contribution in [0, 0.1) is 0 Å². The summed E-state index contributed by atoms with van der Waals surface area (Å²) in [4.78, 5) is 38.1. The molecule has 0 heterocycles. The smallest absolute Gasteiger partial charge is 0.407 e. The Morgan fingerprint density at radius 3 is 2.07 bits per heavy atom. The molecule has 0 saturated carbocycles. The zero-order chi connectivity index (χ0) is 31.5. The van der Waals surface area contributed by atoms with Gasteiger partial charge in [0, 0.05) is 12.5 Å². The quantitative estimate of drug-likeness (QED) is 0.127. The van der Waals surface area contributed by atoms with Crippen molar-refractivity contribution in [3.05, 3.63) is 89.5 Å². The largest absolute Gasteiger partial charge is 0.494 e. The lowest BCUT2D eigenvalue weighted by molar-refractivity contribution is -0.147. The number of ether oxygens (including phenoxy) is 4. The number of esters is 1. The molecule has 1 atom stereocenters. The third kappa shape index (κ3) is 9.23. The third-order valence-electron chi connectivity index (χ3n) is 7.12. The molecule has 2 amide bonds. The third-order valence-corrected chi connectivity index (χ3v) is 7.12. The Morgan fingerprint density at radius 1 is 0.818 bits per heavy atom. The molecule has 3 aromatic rings. The molecule has 9 nitrogen and oxygen atoms in total. The normalized spacial score (nSPS) is 12.8. The Balaban J connectivity index is 1.34. The zero-order valence-corrected chi connectivity index (χ0v) is 25.9. The van der Waals surface area contributed by atoms with E-state index in [-0.39, 0.29) is 19.1 Å². The maximum Gasteiger partial charge on any atom is 0.407 e. The van der Waals surface area contributed by atoms with Crippen LogP contribution >= 0.6 is 0 Å². The summed E-state index contributed by atoms with van der Waals surface area (Å²) in [5.41, 5.74) is 4.68. The number of hydrogen-bond donors (Lipinski definition) is 2. The van der Waals surface area contributed by atoms with Crippen LogP contribution in [0.2, 0.25) is 0 Å². The van der Waals surface area contributed by atoms with E-state index in [1.54, 1.807) is 20.8 Å². The molecule has 1 aliphatic carbocycles. The van der Waals surface area contributed by atoms with Crippen molar-refractivity contribution >= 4 is 18.2 Å². The molecule has 0 fully saturated rings. The fraction of sp³-hybridized carbons (Fsp3) is 0.400. The molecular formula is C35H42N2O7. The number of fused-ring (bicyclic) bond motifs is 3. The van der Waals surface area contributed by atoms with E-state index in [4.69, 9.17) is 18.9 Å². The number of carbonyl (C=O) groups is 3. The number of benzene rings is 3. The molecular weight excluding hydrogens is 560 g/mol. The lowest BCUT2D eigenvalue weighted by atomic mass is 9.98. The Labute approximate surface area is 259 Å². The number of carbonyl (C=O) groups excluding carboxylic acids is 3. The first-order chi connectivity index (χ1) is 21.1. The van der Waals surface area contributed by atoms with Crippen molar-refractivity contribution < 1.29 is 33.3 Å². The highest BCUT2D eigenvalue weighted by Crippen LogP contribution is 2.44. The van der Waals surface area contributed by atoms with Crippen LogP contribution in [0.15, 0.2) is 72.8 Å². The molecule has 4 rings (SSSR count). The number of hydrogen-bond acceptors (Lipinski definition) is 7. The topological polar surface area (TPSA) is 112 Å². The zero-order valence-electron chi connectivity index (χ0n) is 25.9. The monoisotopic (exact) mass is 602 g/mol. The summed E-state index contributed by atoms with van der Waals surface area (Å²) in [6, 6.07) is 22.6. The number of alkyl carbamates (subject to hydrolysis) is 2. The van der Waals surface area contributed by atoms with Crippen molar-refractivity contribution in [2.75, 3.05) is 19.8 Å². The second-order valence-electron chi connectivity index (χ2n) is 11.6. The molecule has 0 radical (unpaired) electrons. The van der Waals surface area contributed by atoms with Crippen molar-refractivity contribution in [2.24, 2.45) is 0 Å². The van der Waals surface area contributed by atoms with Gasteiger partial charge in [-0.2, -0.15) is 0 Å². The average Bonchev–Trinajstić information content (AvgIpc) is 3.31. The lowest BCUT2D eigenvalue weighted by Gasteiger charge is -2.20. The Bertz CT molecular complexity index is 1370. The second kappa shape index (κ2) is 15.3. The first-order valence-corrected chi connectivity index (χ1v) is 15.1. The van der Waals surface area contributed by atoms with Crippen molar-refractivity contribution in [1.82, 2.24) is 10.6 Å². The molecule has 1 aliphatic rings. The highest BCUT2D eigenvalue weighted by molar-refractivity contribution is 5.82. The van der Waals surface area contributed by atoms with Gasteiger partial charge in [0.2, 0.25) is 0 Å². The van der Waals surface area contributed by atoms with E-state index in [9.17, 15) is 14.4 Å². The maximum atomic E-state index is 13.1. The number of nitrogens with one attached hydrogen (secondary N) is 2. The summed E-state index contributed by atoms with van der Waals surface area (Å²) in [6.07, 6.45) is 0.237. The van der Waals surface area contributed by atoms with Crippen LogP contribution in [0.25, 0.3) is 11.1 Å². The first-order valence-electron chi connectivity index (χ1n) is 15.1. The number of rotatable bonds is 13. The van der Waals surface area contributed by atoms with Gasteiger partial charge in [-0.05, 0) is 86.9 Å². The van der Waals surface area contributed by atoms with Gasteiger partial charge in [0.05, 0.1) is 6.61 Å². The van der Waals surface area contributed by atoms with E-state index < -0.39 is 29.8 Å². The minimum atomic E-state index is -0.921. The first kappa shape index (κ1) is 32.4. The van der Waals surface area contributed by atoms with Gasteiger partial charge in [-0.25, -0.2) is 14.4 Å². The predicted octanol–water partition coefficient (Wildman–Crippen LogP) is 6.73. The van der Waals surface area contributed by atoms with Crippen molar-refractivity contribution in [3.63, 3.8) is 0 Å². The van der Waals surface area contributed by atoms with Crippen LogP contribution in [0.3, 0.4) is 0 Å². The molecule has 0 unspecified atom stereocenters. The summed E-state index contributed by atoms with van der Waals surface area (Å²) in [5.74, 6) is 0.0713. The van der Waals surface area contributed by atoms with Gasteiger partial charge < -0.3 is 29.6 Å². The molecule has 0 bridgehead atoms. The Hall–Kier alpha value is -4.53. The summed E-state index contributed by atoms with van der Waals surface area (Å²) in [5, 5.41) is 5.43. The molecule has 44 heavy (non-hydrogen) atoms. The molecule has 9 heteroatoms. The maximum absolute atomic E-state index is 13.1. The van der Waals surface area contributed by atoms with Gasteiger partial charge in [0.25, 0.3) is 0 Å². The summed E-state index contributed by atoms with van der Waals surface area (Å²) >= 11 is 0. The predicted molar refractivity (Wildman–Crippen MR) is 167 cm³/mol. The fourth-order valence-corrected chi connectivity index (χ4v) is 5.11. The van der Waals surface area contributed by atoms with E-state index >= 15 is 0 Å². The highest BCUT2D eigenvalue weighted by atomic mass is 16.6. The van der Waals surface area contributed by atoms with Crippen LogP contribution in [-0.2, 0) is 25.6 Å². The molecule has 2 N–H and O–H groups in total. The van der Waals surface area contributed by atoms with Gasteiger partial charge >= 0.3 is 18.2 Å². The second-order valence-corrected chi connectivity index (χ2v) is 11.6. The van der Waals surface area contributed by atoms with Gasteiger partial charge in [0.1, 0.15) is 30.6 Å². The minimum Gasteiger partial charge on any atom is -0.494 e. The number of unbranched alkanes of at least 4 members (excludes halogenated alkanes) is 1. The lowest BCUT2D eigenvalue weighted by Crippen LogP contribution is -2.42. The summed E-state index contributed by atoms with van der Waals surface area (Å²) in [6.45, 7) is 8.41. The van der Waals surface area contributed by atoms with E-state index in [1.807, 2.05) is 67.6 Å². The van der Waals surface area contributed by atoms with Crippen LogP contribution in [0.1, 0.15) is 69.6 Å². The van der Waals surface area contributed by atoms with Crippen LogP contribution < -0.4 is 15.4 Å². The van der Waals surface area contributed by atoms with Gasteiger partial charge in [0.15, 0.2) is 0 Å². The van der Waals surface area contributed by atoms with E-state index in [0.29, 0.717) is 32.4 Å². The van der Waals surface area contributed by atoms with Crippen LogP contribution in [-0.4, -0.2) is 49.6 Å².